The highest BCUT2D eigenvalue weighted by molar-refractivity contribution is 7.89. The first-order valence-electron chi connectivity index (χ1n) is 6.49. The second-order valence-corrected chi connectivity index (χ2v) is 6.60. The fraction of sp³-hybridized carbons (Fsp3) is 0. The second kappa shape index (κ2) is 7.18. The van der Waals surface area contributed by atoms with Crippen molar-refractivity contribution in [3.63, 3.8) is 0 Å². The van der Waals surface area contributed by atoms with Crippen molar-refractivity contribution in [2.75, 3.05) is 0 Å². The smallest absolute Gasteiger partial charge is 0.271 e. The Hall–Kier alpha value is -2.88. The van der Waals surface area contributed by atoms with Crippen molar-refractivity contribution in [1.29, 1.82) is 0 Å². The van der Waals surface area contributed by atoms with Crippen LogP contribution in [0.5, 0.6) is 0 Å². The van der Waals surface area contributed by atoms with Crippen molar-refractivity contribution in [2.24, 2.45) is 0 Å². The minimum Gasteiger partial charge on any atom is -0.271 e. The SMILES string of the molecule is O=C(c1c(F)c(F)c(F)c(F)c1F)N(O)S(=O)(=O)c1c(F)c(F)c(F)c(F)c1F. The third kappa shape index (κ3) is 3.17. The number of carbonyl (C=O) groups excluding carboxylic acids is 1. The van der Waals surface area contributed by atoms with Crippen LogP contribution in [0.4, 0.5) is 43.9 Å². The average molecular weight is 457 g/mol. The third-order valence-electron chi connectivity index (χ3n) is 3.25. The molecule has 0 bridgehead atoms. The van der Waals surface area contributed by atoms with E-state index in [4.69, 9.17) is 0 Å². The van der Waals surface area contributed by atoms with Gasteiger partial charge < -0.3 is 0 Å². The maximum absolute atomic E-state index is 13.6. The van der Waals surface area contributed by atoms with Gasteiger partial charge in [0.2, 0.25) is 11.6 Å². The summed E-state index contributed by atoms with van der Waals surface area (Å²) < 4.78 is 154. The van der Waals surface area contributed by atoms with Crippen LogP contribution in [0.3, 0.4) is 0 Å². The van der Waals surface area contributed by atoms with E-state index >= 15 is 0 Å². The molecule has 5 nitrogen and oxygen atoms in total. The second-order valence-electron chi connectivity index (χ2n) is 4.90. The summed E-state index contributed by atoms with van der Waals surface area (Å²) in [5.41, 5.74) is -2.60. The van der Waals surface area contributed by atoms with Gasteiger partial charge in [0.15, 0.2) is 51.4 Å². The van der Waals surface area contributed by atoms with E-state index in [1.165, 1.54) is 0 Å². The summed E-state index contributed by atoms with van der Waals surface area (Å²) in [6, 6.07) is 0. The fourth-order valence-corrected chi connectivity index (χ4v) is 3.01. The zero-order valence-corrected chi connectivity index (χ0v) is 13.6. The number of amides is 1. The van der Waals surface area contributed by atoms with Crippen LogP contribution in [-0.4, -0.2) is 24.0 Å². The molecule has 29 heavy (non-hydrogen) atoms. The first-order chi connectivity index (χ1) is 13.2. The topological polar surface area (TPSA) is 74.7 Å². The zero-order valence-electron chi connectivity index (χ0n) is 12.8. The quantitative estimate of drug-likeness (QED) is 0.253. The van der Waals surface area contributed by atoms with Gasteiger partial charge in [-0.1, -0.05) is 0 Å². The number of sulfonamides is 1. The normalized spacial score (nSPS) is 11.7. The van der Waals surface area contributed by atoms with Crippen molar-refractivity contribution in [2.45, 2.75) is 4.90 Å². The molecule has 16 heteroatoms. The van der Waals surface area contributed by atoms with Crippen LogP contribution in [0.1, 0.15) is 10.4 Å². The Kier molecular flexibility index (Phi) is 5.55. The molecule has 1 N–H and O–H groups in total. The summed E-state index contributed by atoms with van der Waals surface area (Å²) in [6.45, 7) is 0. The molecule has 0 aliphatic heterocycles. The van der Waals surface area contributed by atoms with Gasteiger partial charge >= 0.3 is 0 Å². The highest BCUT2D eigenvalue weighted by Crippen LogP contribution is 2.30. The van der Waals surface area contributed by atoms with Crippen molar-refractivity contribution >= 4 is 15.9 Å². The van der Waals surface area contributed by atoms with E-state index in [1.807, 2.05) is 0 Å². The average Bonchev–Trinajstić information content (AvgIpc) is 2.67. The summed E-state index contributed by atoms with van der Waals surface area (Å²) >= 11 is 0. The molecule has 0 saturated heterocycles. The fourth-order valence-electron chi connectivity index (χ4n) is 1.90. The van der Waals surface area contributed by atoms with Gasteiger partial charge in [-0.25, -0.2) is 43.9 Å². The monoisotopic (exact) mass is 457 g/mol. The van der Waals surface area contributed by atoms with Gasteiger partial charge in [-0.15, -0.1) is 4.47 Å². The van der Waals surface area contributed by atoms with Crippen molar-refractivity contribution < 1.29 is 62.3 Å². The van der Waals surface area contributed by atoms with E-state index in [1.54, 1.807) is 0 Å². The highest BCUT2D eigenvalue weighted by Gasteiger charge is 2.42. The van der Waals surface area contributed by atoms with Crippen molar-refractivity contribution in [1.82, 2.24) is 4.47 Å². The Balaban J connectivity index is 2.75. The Morgan fingerprint density at radius 2 is 0.862 bits per heavy atom. The highest BCUT2D eigenvalue weighted by atomic mass is 32.2. The van der Waals surface area contributed by atoms with Gasteiger partial charge in [0.25, 0.3) is 15.9 Å². The molecule has 0 radical (unpaired) electrons. The lowest BCUT2D eigenvalue weighted by atomic mass is 10.1. The van der Waals surface area contributed by atoms with Gasteiger partial charge in [0.05, 0.1) is 0 Å². The summed E-state index contributed by atoms with van der Waals surface area (Å²) in [7, 11) is -6.51. The molecule has 2 aromatic rings. The van der Waals surface area contributed by atoms with Crippen molar-refractivity contribution in [3.05, 3.63) is 63.7 Å². The first-order valence-corrected chi connectivity index (χ1v) is 7.93. The third-order valence-corrected chi connectivity index (χ3v) is 4.75. The molecular formula is C13HF10NO4S. The Morgan fingerprint density at radius 3 is 1.21 bits per heavy atom. The lowest BCUT2D eigenvalue weighted by Gasteiger charge is -2.17. The molecule has 0 fully saturated rings. The summed E-state index contributed by atoms with van der Waals surface area (Å²) in [6.07, 6.45) is 0. The van der Waals surface area contributed by atoms with Crippen LogP contribution in [0.2, 0.25) is 0 Å². The largest absolute Gasteiger partial charge is 0.298 e. The zero-order chi connectivity index (χ0) is 22.6. The Bertz CT molecular complexity index is 1110. The molecular weight excluding hydrogens is 456 g/mol. The van der Waals surface area contributed by atoms with E-state index < -0.39 is 89.0 Å². The number of carbonyl (C=O) groups is 1. The van der Waals surface area contributed by atoms with E-state index in [-0.39, 0.29) is 0 Å². The molecule has 0 spiro atoms. The number of halogens is 10. The number of hydrogen-bond donors (Lipinski definition) is 1. The van der Waals surface area contributed by atoms with E-state index in [0.29, 0.717) is 0 Å². The van der Waals surface area contributed by atoms with Crippen LogP contribution in [0.25, 0.3) is 0 Å². The predicted octanol–water partition coefficient (Wildman–Crippen LogP) is 3.30. The number of nitrogens with zero attached hydrogens (tertiary/aromatic N) is 1. The van der Waals surface area contributed by atoms with Gasteiger partial charge in [0.1, 0.15) is 5.56 Å². The van der Waals surface area contributed by atoms with E-state index in [9.17, 15) is 62.3 Å². The minimum absolute atomic E-state index is 1.95. The summed E-state index contributed by atoms with van der Waals surface area (Å²) in [5, 5.41) is 9.30. The first kappa shape index (κ1) is 22.4. The van der Waals surface area contributed by atoms with Gasteiger partial charge in [-0.05, 0) is 0 Å². The summed E-state index contributed by atoms with van der Waals surface area (Å²) in [4.78, 5) is 8.90. The molecule has 0 aliphatic rings. The molecule has 0 unspecified atom stereocenters. The van der Waals surface area contributed by atoms with Crippen LogP contribution in [-0.2, 0) is 10.0 Å². The number of benzene rings is 2. The van der Waals surface area contributed by atoms with Gasteiger partial charge in [-0.3, -0.25) is 10.0 Å². The van der Waals surface area contributed by atoms with Crippen molar-refractivity contribution in [3.8, 4) is 0 Å². The van der Waals surface area contributed by atoms with E-state index in [0.717, 1.165) is 0 Å². The van der Waals surface area contributed by atoms with E-state index in [2.05, 4.69) is 0 Å². The maximum Gasteiger partial charge on any atom is 0.298 e. The lowest BCUT2D eigenvalue weighted by molar-refractivity contribution is 0.00648. The van der Waals surface area contributed by atoms with Gasteiger partial charge in [-0.2, -0.15) is 8.42 Å². The molecule has 158 valence electrons. The molecule has 0 aromatic heterocycles. The molecule has 0 aliphatic carbocycles. The number of hydroxylamine groups is 1. The molecule has 2 rings (SSSR count). The molecule has 1 amide bonds. The number of hydrogen-bond acceptors (Lipinski definition) is 4. The molecule has 0 atom stereocenters. The van der Waals surface area contributed by atoms with Crippen LogP contribution in [0.15, 0.2) is 4.90 Å². The predicted molar refractivity (Wildman–Crippen MR) is 67.6 cm³/mol. The van der Waals surface area contributed by atoms with Crippen LogP contribution in [0, 0.1) is 58.2 Å². The lowest BCUT2D eigenvalue weighted by Crippen LogP contribution is -2.37. The summed E-state index contributed by atoms with van der Waals surface area (Å²) in [5.74, 6) is -32.0. The Labute approximate surface area is 152 Å². The number of rotatable bonds is 3. The molecule has 0 heterocycles. The maximum atomic E-state index is 13.6. The Morgan fingerprint density at radius 1 is 0.586 bits per heavy atom. The standard InChI is InChI=1S/C13HF10NO4S/c14-2-1(3(15)5(17)6(18)4(2)16)13(25)24(26)29(27,28)12-10(22)8(20)7(19)9(21)11(12)23/h26H. The minimum atomic E-state index is -6.51. The van der Waals surface area contributed by atoms with Crippen LogP contribution < -0.4 is 0 Å². The van der Waals surface area contributed by atoms with Crippen LogP contribution >= 0.6 is 0 Å². The van der Waals surface area contributed by atoms with Gasteiger partial charge in [0, 0.05) is 0 Å². The molecule has 2 aromatic carbocycles. The molecule has 0 saturated carbocycles.